The van der Waals surface area contributed by atoms with Crippen LogP contribution in [0.4, 0.5) is 0 Å². The van der Waals surface area contributed by atoms with Gasteiger partial charge in [0.15, 0.2) is 0 Å². The number of fused-ring (bicyclic) bond motifs is 6. The third-order valence-corrected chi connectivity index (χ3v) is 6.00. The lowest BCUT2D eigenvalue weighted by Gasteiger charge is -2.05. The zero-order valence-electron chi connectivity index (χ0n) is 15.7. The molecule has 0 saturated heterocycles. The highest BCUT2D eigenvalue weighted by molar-refractivity contribution is 6.09. The fourth-order valence-corrected chi connectivity index (χ4v) is 4.63. The largest absolute Gasteiger partial charge is 0.354 e. The summed E-state index contributed by atoms with van der Waals surface area (Å²) in [5.74, 6) is 0. The van der Waals surface area contributed by atoms with Crippen molar-refractivity contribution in [2.24, 2.45) is 7.05 Å². The summed E-state index contributed by atoms with van der Waals surface area (Å²) in [6.07, 6.45) is 0.920. The summed E-state index contributed by atoms with van der Waals surface area (Å²) in [4.78, 5) is 3.63. The first kappa shape index (κ1) is 15.5. The van der Waals surface area contributed by atoms with Gasteiger partial charge in [0.05, 0.1) is 5.52 Å². The summed E-state index contributed by atoms with van der Waals surface area (Å²) >= 11 is 0. The molecule has 0 bridgehead atoms. The summed E-state index contributed by atoms with van der Waals surface area (Å²) in [5, 5.41) is 5.26. The number of H-pyrrole nitrogens is 1. The first-order valence-corrected chi connectivity index (χ1v) is 9.74. The summed E-state index contributed by atoms with van der Waals surface area (Å²) < 4.78 is 2.28. The van der Waals surface area contributed by atoms with Crippen LogP contribution in [0.5, 0.6) is 0 Å². The minimum atomic E-state index is 0.920. The number of rotatable bonds is 2. The molecular weight excluding hydrogens is 340 g/mol. The number of nitrogens with one attached hydrogen (secondary N) is 1. The highest BCUT2D eigenvalue weighted by Crippen LogP contribution is 2.31. The van der Waals surface area contributed by atoms with Crippen LogP contribution in [0, 0.1) is 0 Å². The van der Waals surface area contributed by atoms with Gasteiger partial charge in [0.25, 0.3) is 0 Å². The van der Waals surface area contributed by atoms with Gasteiger partial charge in [0, 0.05) is 45.1 Å². The van der Waals surface area contributed by atoms with E-state index < -0.39 is 0 Å². The number of aryl methyl sites for hydroxylation is 1. The molecule has 0 spiro atoms. The van der Waals surface area contributed by atoms with E-state index in [0.29, 0.717) is 0 Å². The Labute approximate surface area is 163 Å². The third-order valence-electron chi connectivity index (χ3n) is 6.00. The molecule has 2 nitrogen and oxygen atoms in total. The number of nitrogens with zero attached hydrogens (tertiary/aromatic N) is 1. The molecule has 6 aromatic rings. The summed E-state index contributed by atoms with van der Waals surface area (Å²) in [5.41, 5.74) is 7.71. The van der Waals surface area contributed by atoms with Crippen molar-refractivity contribution in [1.82, 2.24) is 9.55 Å². The van der Waals surface area contributed by atoms with Crippen LogP contribution in [0.15, 0.2) is 84.9 Å². The van der Waals surface area contributed by atoms with E-state index in [2.05, 4.69) is 102 Å². The molecule has 0 aliphatic rings. The van der Waals surface area contributed by atoms with Gasteiger partial charge in [-0.1, -0.05) is 60.7 Å². The lowest BCUT2D eigenvalue weighted by molar-refractivity contribution is 1.01. The average Bonchev–Trinajstić information content (AvgIpc) is 3.25. The lowest BCUT2D eigenvalue weighted by Crippen LogP contribution is -1.91. The SMILES string of the molecule is Cn1c2ccccc2c2cc(Cc3cccc4c3[nH]c3ccccc34)ccc21. The van der Waals surface area contributed by atoms with E-state index in [1.54, 1.807) is 0 Å². The molecule has 2 heterocycles. The minimum Gasteiger partial charge on any atom is -0.354 e. The molecule has 0 atom stereocenters. The zero-order chi connectivity index (χ0) is 18.7. The number of benzene rings is 4. The molecule has 1 N–H and O–H groups in total. The second-order valence-corrected chi connectivity index (χ2v) is 7.61. The van der Waals surface area contributed by atoms with Gasteiger partial charge in [0.2, 0.25) is 0 Å². The molecule has 2 heteroatoms. The van der Waals surface area contributed by atoms with Crippen LogP contribution in [0.3, 0.4) is 0 Å². The predicted molar refractivity (Wildman–Crippen MR) is 119 cm³/mol. The van der Waals surface area contributed by atoms with E-state index in [1.807, 2.05) is 0 Å². The van der Waals surface area contributed by atoms with Crippen molar-refractivity contribution < 1.29 is 0 Å². The Morgan fingerprint density at radius 2 is 1.43 bits per heavy atom. The normalized spacial score (nSPS) is 11.9. The molecule has 4 aromatic carbocycles. The van der Waals surface area contributed by atoms with Crippen molar-refractivity contribution in [2.75, 3.05) is 0 Å². The highest BCUT2D eigenvalue weighted by atomic mass is 14.9. The van der Waals surface area contributed by atoms with Crippen molar-refractivity contribution >= 4 is 43.6 Å². The van der Waals surface area contributed by atoms with Crippen molar-refractivity contribution in [1.29, 1.82) is 0 Å². The molecular formula is C26H20N2. The van der Waals surface area contributed by atoms with Gasteiger partial charge in [0.1, 0.15) is 0 Å². The van der Waals surface area contributed by atoms with Crippen LogP contribution >= 0.6 is 0 Å². The molecule has 0 aliphatic heterocycles. The van der Waals surface area contributed by atoms with Gasteiger partial charge in [-0.3, -0.25) is 0 Å². The molecule has 0 aliphatic carbocycles. The maximum Gasteiger partial charge on any atom is 0.0500 e. The van der Waals surface area contributed by atoms with Gasteiger partial charge in [-0.2, -0.15) is 0 Å². The Bertz CT molecular complexity index is 1500. The van der Waals surface area contributed by atoms with Crippen LogP contribution in [-0.2, 0) is 13.5 Å². The van der Waals surface area contributed by atoms with Crippen molar-refractivity contribution in [3.05, 3.63) is 96.1 Å². The van der Waals surface area contributed by atoms with Crippen LogP contribution in [0.1, 0.15) is 11.1 Å². The van der Waals surface area contributed by atoms with Gasteiger partial charge < -0.3 is 9.55 Å². The van der Waals surface area contributed by atoms with Crippen molar-refractivity contribution in [2.45, 2.75) is 6.42 Å². The van der Waals surface area contributed by atoms with Gasteiger partial charge in [-0.05, 0) is 41.8 Å². The topological polar surface area (TPSA) is 20.7 Å². The number of aromatic nitrogens is 2. The third kappa shape index (κ3) is 2.15. The maximum atomic E-state index is 3.63. The molecule has 0 fully saturated rings. The lowest BCUT2D eigenvalue weighted by atomic mass is 10.0. The highest BCUT2D eigenvalue weighted by Gasteiger charge is 2.11. The van der Waals surface area contributed by atoms with E-state index in [9.17, 15) is 0 Å². The number of para-hydroxylation sites is 3. The quantitative estimate of drug-likeness (QED) is 0.361. The Morgan fingerprint density at radius 3 is 2.36 bits per heavy atom. The number of hydrogen-bond acceptors (Lipinski definition) is 0. The summed E-state index contributed by atoms with van der Waals surface area (Å²) in [6.45, 7) is 0. The first-order chi connectivity index (χ1) is 13.8. The fourth-order valence-electron chi connectivity index (χ4n) is 4.63. The average molecular weight is 360 g/mol. The molecule has 0 amide bonds. The molecule has 0 radical (unpaired) electrons. The van der Waals surface area contributed by atoms with E-state index in [-0.39, 0.29) is 0 Å². The Kier molecular flexibility index (Phi) is 3.18. The van der Waals surface area contributed by atoms with Gasteiger partial charge >= 0.3 is 0 Å². The van der Waals surface area contributed by atoms with Gasteiger partial charge in [-0.15, -0.1) is 0 Å². The van der Waals surface area contributed by atoms with Crippen LogP contribution in [-0.4, -0.2) is 9.55 Å². The molecule has 2 aromatic heterocycles. The summed E-state index contributed by atoms with van der Waals surface area (Å²) in [7, 11) is 2.15. The van der Waals surface area contributed by atoms with Crippen LogP contribution in [0.25, 0.3) is 43.6 Å². The standard InChI is InChI=1S/C26H20N2/c1-28-24-12-5-3-9-20(24)22-16-17(13-14-25(22)28)15-18-7-6-10-21-19-8-2-4-11-23(19)27-26(18)21/h2-14,16,27H,15H2,1H3. The molecule has 6 rings (SSSR count). The minimum absolute atomic E-state index is 0.920. The van der Waals surface area contributed by atoms with Crippen molar-refractivity contribution in [3.8, 4) is 0 Å². The molecule has 134 valence electrons. The zero-order valence-corrected chi connectivity index (χ0v) is 15.7. The Morgan fingerprint density at radius 1 is 0.679 bits per heavy atom. The predicted octanol–water partition coefficient (Wildman–Crippen LogP) is 6.56. The van der Waals surface area contributed by atoms with Crippen LogP contribution < -0.4 is 0 Å². The maximum absolute atomic E-state index is 3.63. The van der Waals surface area contributed by atoms with Gasteiger partial charge in [-0.25, -0.2) is 0 Å². The molecule has 0 unspecified atom stereocenters. The van der Waals surface area contributed by atoms with Crippen LogP contribution in [0.2, 0.25) is 0 Å². The Hall–Kier alpha value is -3.52. The second kappa shape index (κ2) is 5.74. The smallest absolute Gasteiger partial charge is 0.0500 e. The first-order valence-electron chi connectivity index (χ1n) is 9.74. The monoisotopic (exact) mass is 360 g/mol. The van der Waals surface area contributed by atoms with E-state index in [4.69, 9.17) is 0 Å². The van der Waals surface area contributed by atoms with Crippen molar-refractivity contribution in [3.63, 3.8) is 0 Å². The number of hydrogen-bond donors (Lipinski definition) is 1. The Balaban J connectivity index is 1.52. The van der Waals surface area contributed by atoms with E-state index >= 15 is 0 Å². The summed E-state index contributed by atoms with van der Waals surface area (Å²) in [6, 6.07) is 30.7. The molecule has 0 saturated carbocycles. The van der Waals surface area contributed by atoms with E-state index in [1.165, 1.54) is 54.7 Å². The van der Waals surface area contributed by atoms with E-state index in [0.717, 1.165) is 6.42 Å². The molecule has 28 heavy (non-hydrogen) atoms. The number of aromatic amines is 1. The fraction of sp³-hybridized carbons (Fsp3) is 0.0769. The second-order valence-electron chi connectivity index (χ2n) is 7.61.